The van der Waals surface area contributed by atoms with Crippen LogP contribution in [0.3, 0.4) is 0 Å². The highest BCUT2D eigenvalue weighted by atomic mass is 32.2. The summed E-state index contributed by atoms with van der Waals surface area (Å²) < 4.78 is 23.1. The van der Waals surface area contributed by atoms with Gasteiger partial charge in [0, 0.05) is 18.5 Å². The molecule has 1 N–H and O–H groups in total. The minimum absolute atomic E-state index is 0.383. The highest BCUT2D eigenvalue weighted by Crippen LogP contribution is 2.20. The van der Waals surface area contributed by atoms with E-state index in [9.17, 15) is 8.42 Å². The first kappa shape index (κ1) is 17.0. The average molecular weight is 297 g/mol. The maximum atomic E-state index is 11.5. The number of rotatable bonds is 9. The molecule has 0 heterocycles. The first-order valence-electron chi connectivity index (χ1n) is 7.49. The monoisotopic (exact) mass is 297 g/mol. The number of nitrogens with one attached hydrogen (secondary N) is 1. The molecule has 0 fully saturated rings. The van der Waals surface area contributed by atoms with Crippen LogP contribution in [-0.4, -0.2) is 21.2 Å². The number of aryl methyl sites for hydroxylation is 1. The molecule has 0 saturated heterocycles. The third-order valence-corrected chi connectivity index (χ3v) is 4.59. The Balaban J connectivity index is 2.44. The molecule has 0 amide bonds. The molecule has 4 heteroatoms. The van der Waals surface area contributed by atoms with Gasteiger partial charge in [0.2, 0.25) is 0 Å². The quantitative estimate of drug-likeness (QED) is 0.696. The van der Waals surface area contributed by atoms with Gasteiger partial charge in [0.15, 0.2) is 9.84 Å². The van der Waals surface area contributed by atoms with Gasteiger partial charge >= 0.3 is 0 Å². The fourth-order valence-corrected chi connectivity index (χ4v) is 2.80. The Bertz CT molecular complexity index is 509. The van der Waals surface area contributed by atoms with E-state index in [2.05, 4.69) is 12.2 Å². The Kier molecular flexibility index (Phi) is 7.06. The largest absolute Gasteiger partial charge is 0.385 e. The number of anilines is 1. The first-order valence-corrected chi connectivity index (χ1v) is 9.39. The minimum Gasteiger partial charge on any atom is -0.385 e. The van der Waals surface area contributed by atoms with Crippen LogP contribution < -0.4 is 5.32 Å². The molecule has 0 aliphatic rings. The molecule has 0 atom stereocenters. The molecular weight excluding hydrogens is 270 g/mol. The zero-order chi connectivity index (χ0) is 15.0. The number of hydrogen-bond acceptors (Lipinski definition) is 3. The van der Waals surface area contributed by atoms with Crippen molar-refractivity contribution in [1.29, 1.82) is 0 Å². The Morgan fingerprint density at radius 3 is 2.35 bits per heavy atom. The number of unbranched alkanes of at least 4 members (excludes halogenated alkanes) is 5. The molecule has 114 valence electrons. The summed E-state index contributed by atoms with van der Waals surface area (Å²) in [5.41, 5.74) is 2.02. The number of hydrogen-bond donors (Lipinski definition) is 1. The molecule has 1 aromatic carbocycles. The topological polar surface area (TPSA) is 46.2 Å². The molecule has 0 aliphatic heterocycles. The molecule has 0 spiro atoms. The van der Waals surface area contributed by atoms with E-state index in [0.717, 1.165) is 24.2 Å². The van der Waals surface area contributed by atoms with Gasteiger partial charge in [-0.05, 0) is 31.0 Å². The molecule has 3 nitrogen and oxygen atoms in total. The van der Waals surface area contributed by atoms with Crippen molar-refractivity contribution in [1.82, 2.24) is 0 Å². The van der Waals surface area contributed by atoms with Crippen LogP contribution in [0.2, 0.25) is 0 Å². The van der Waals surface area contributed by atoms with Crippen LogP contribution in [0.1, 0.15) is 51.0 Å². The second-order valence-corrected chi connectivity index (χ2v) is 7.46. The van der Waals surface area contributed by atoms with E-state index in [0.29, 0.717) is 4.90 Å². The molecule has 1 aromatic rings. The normalized spacial score (nSPS) is 11.6. The lowest BCUT2D eigenvalue weighted by Gasteiger charge is -2.11. The molecule has 0 aliphatic carbocycles. The van der Waals surface area contributed by atoms with Gasteiger partial charge < -0.3 is 5.32 Å². The second-order valence-electron chi connectivity index (χ2n) is 5.44. The van der Waals surface area contributed by atoms with Gasteiger partial charge in [-0.3, -0.25) is 0 Å². The highest BCUT2D eigenvalue weighted by molar-refractivity contribution is 7.90. The van der Waals surface area contributed by atoms with E-state index in [1.54, 1.807) is 12.1 Å². The average Bonchev–Trinajstić information content (AvgIpc) is 2.38. The van der Waals surface area contributed by atoms with E-state index in [1.807, 2.05) is 13.0 Å². The van der Waals surface area contributed by atoms with Crippen LogP contribution >= 0.6 is 0 Å². The fraction of sp³-hybridized carbons (Fsp3) is 0.625. The van der Waals surface area contributed by atoms with Crippen LogP contribution in [0.5, 0.6) is 0 Å². The molecule has 0 radical (unpaired) electrons. The summed E-state index contributed by atoms with van der Waals surface area (Å²) in [6.45, 7) is 5.12. The van der Waals surface area contributed by atoms with Crippen molar-refractivity contribution in [2.24, 2.45) is 0 Å². The van der Waals surface area contributed by atoms with Crippen LogP contribution in [-0.2, 0) is 9.84 Å². The summed E-state index contributed by atoms with van der Waals surface area (Å²) >= 11 is 0. The van der Waals surface area contributed by atoms with Gasteiger partial charge in [0.05, 0.1) is 4.90 Å². The number of sulfone groups is 1. The fourth-order valence-electron chi connectivity index (χ4n) is 2.15. The van der Waals surface area contributed by atoms with E-state index in [4.69, 9.17) is 0 Å². The van der Waals surface area contributed by atoms with Gasteiger partial charge in [0.25, 0.3) is 0 Å². The Labute approximate surface area is 123 Å². The van der Waals surface area contributed by atoms with Gasteiger partial charge in [-0.1, -0.05) is 45.1 Å². The van der Waals surface area contributed by atoms with Crippen LogP contribution in [0.4, 0.5) is 5.69 Å². The van der Waals surface area contributed by atoms with Crippen molar-refractivity contribution in [2.45, 2.75) is 57.3 Å². The van der Waals surface area contributed by atoms with E-state index < -0.39 is 9.84 Å². The maximum Gasteiger partial charge on any atom is 0.175 e. The summed E-state index contributed by atoms with van der Waals surface area (Å²) in [6.07, 6.45) is 8.81. The summed E-state index contributed by atoms with van der Waals surface area (Å²) in [7, 11) is -3.13. The Morgan fingerprint density at radius 2 is 1.70 bits per heavy atom. The summed E-state index contributed by atoms with van der Waals surface area (Å²) in [6, 6.07) is 5.27. The number of benzene rings is 1. The molecule has 0 aromatic heterocycles. The predicted molar refractivity (Wildman–Crippen MR) is 86.2 cm³/mol. The lowest BCUT2D eigenvalue weighted by molar-refractivity contribution is 0.602. The third-order valence-electron chi connectivity index (χ3n) is 3.48. The van der Waals surface area contributed by atoms with E-state index in [1.165, 1.54) is 38.4 Å². The Hall–Kier alpha value is -1.03. The molecule has 20 heavy (non-hydrogen) atoms. The van der Waals surface area contributed by atoms with Crippen molar-refractivity contribution in [3.05, 3.63) is 23.8 Å². The van der Waals surface area contributed by atoms with Crippen molar-refractivity contribution in [2.75, 3.05) is 18.1 Å². The molecular formula is C16H27NO2S. The van der Waals surface area contributed by atoms with Crippen molar-refractivity contribution >= 4 is 15.5 Å². The minimum atomic E-state index is -3.13. The first-order chi connectivity index (χ1) is 9.45. The van der Waals surface area contributed by atoms with Crippen molar-refractivity contribution in [3.8, 4) is 0 Å². The smallest absolute Gasteiger partial charge is 0.175 e. The SMILES string of the molecule is CCCCCCCCNc1cc(S(C)(=O)=O)ccc1C. The molecule has 1 rings (SSSR count). The van der Waals surface area contributed by atoms with Gasteiger partial charge in [-0.2, -0.15) is 0 Å². The summed E-state index contributed by atoms with van der Waals surface area (Å²) in [5.74, 6) is 0. The van der Waals surface area contributed by atoms with Crippen LogP contribution in [0.15, 0.2) is 23.1 Å². The summed E-state index contributed by atoms with van der Waals surface area (Å²) in [5, 5.41) is 3.35. The zero-order valence-corrected chi connectivity index (χ0v) is 13.7. The van der Waals surface area contributed by atoms with Gasteiger partial charge in [-0.25, -0.2) is 8.42 Å². The van der Waals surface area contributed by atoms with Crippen LogP contribution in [0.25, 0.3) is 0 Å². The predicted octanol–water partition coefficient (Wildman–Crippen LogP) is 4.17. The standard InChI is InChI=1S/C16H27NO2S/c1-4-5-6-7-8-9-12-17-16-13-15(20(3,18)19)11-10-14(16)2/h10-11,13,17H,4-9,12H2,1-3H3. The summed E-state index contributed by atoms with van der Waals surface area (Å²) in [4.78, 5) is 0.383. The van der Waals surface area contributed by atoms with E-state index >= 15 is 0 Å². The lowest BCUT2D eigenvalue weighted by atomic mass is 10.1. The molecule has 0 unspecified atom stereocenters. The molecule has 0 saturated carbocycles. The van der Waals surface area contributed by atoms with Gasteiger partial charge in [0.1, 0.15) is 0 Å². The Morgan fingerprint density at radius 1 is 1.05 bits per heavy atom. The van der Waals surface area contributed by atoms with Crippen LogP contribution in [0, 0.1) is 6.92 Å². The second kappa shape index (κ2) is 8.30. The lowest BCUT2D eigenvalue weighted by Crippen LogP contribution is -2.05. The zero-order valence-electron chi connectivity index (χ0n) is 12.9. The van der Waals surface area contributed by atoms with Crippen molar-refractivity contribution in [3.63, 3.8) is 0 Å². The van der Waals surface area contributed by atoms with Crippen molar-refractivity contribution < 1.29 is 8.42 Å². The third kappa shape index (κ3) is 5.95. The molecule has 0 bridgehead atoms. The maximum absolute atomic E-state index is 11.5. The van der Waals surface area contributed by atoms with E-state index in [-0.39, 0.29) is 0 Å². The highest BCUT2D eigenvalue weighted by Gasteiger charge is 2.08. The van der Waals surface area contributed by atoms with Gasteiger partial charge in [-0.15, -0.1) is 0 Å².